The minimum Gasteiger partial charge on any atom is -0.0860 e. The van der Waals surface area contributed by atoms with Crippen LogP contribution < -0.4 is 0 Å². The monoisotopic (exact) mass is 354 g/mol. The minimum absolute atomic E-state index is 0.190. The molecule has 2 aliphatic rings. The van der Waals surface area contributed by atoms with Gasteiger partial charge in [-0.25, -0.2) is 0 Å². The largest absolute Gasteiger partial charge is 0.0860 e. The molecule has 0 amide bonds. The molecule has 0 radical (unpaired) electrons. The lowest BCUT2D eigenvalue weighted by Gasteiger charge is -1.98. The Morgan fingerprint density at radius 1 is 0.429 bits per heavy atom. The second kappa shape index (κ2) is 8.64. The summed E-state index contributed by atoms with van der Waals surface area (Å²) in [6, 6.07) is 16.0. The van der Waals surface area contributed by atoms with Crippen LogP contribution in [0.4, 0.5) is 0 Å². The number of benzene rings is 2. The van der Waals surface area contributed by atoms with Crippen molar-refractivity contribution in [3.8, 4) is 35.5 Å². The second-order valence-corrected chi connectivity index (χ2v) is 6.47. The van der Waals surface area contributed by atoms with Crippen molar-refractivity contribution in [1.82, 2.24) is 0 Å². The summed E-state index contributed by atoms with van der Waals surface area (Å²) in [5.41, 5.74) is 3.78. The van der Waals surface area contributed by atoms with E-state index in [0.29, 0.717) is 0 Å². The molecule has 0 atom stereocenters. The van der Waals surface area contributed by atoms with Gasteiger partial charge in [-0.1, -0.05) is 108 Å². The molecular formula is C28H18. The third-order valence-corrected chi connectivity index (χ3v) is 4.43. The van der Waals surface area contributed by atoms with Crippen LogP contribution in [0.15, 0.2) is 97.1 Å². The van der Waals surface area contributed by atoms with Gasteiger partial charge in [0.1, 0.15) is 0 Å². The first-order valence-corrected chi connectivity index (χ1v) is 9.32. The first-order chi connectivity index (χ1) is 13.9. The summed E-state index contributed by atoms with van der Waals surface area (Å²) in [5, 5.41) is 0. The third-order valence-electron chi connectivity index (χ3n) is 4.43. The maximum atomic E-state index is 3.29. The summed E-state index contributed by atoms with van der Waals surface area (Å²) >= 11 is 0. The molecule has 2 aromatic carbocycles. The van der Waals surface area contributed by atoms with Crippen LogP contribution in [0.25, 0.3) is 0 Å². The molecule has 0 saturated heterocycles. The van der Waals surface area contributed by atoms with Crippen molar-refractivity contribution in [1.29, 1.82) is 0 Å². The van der Waals surface area contributed by atoms with E-state index in [1.54, 1.807) is 0 Å². The molecule has 2 aromatic rings. The predicted octanol–water partition coefficient (Wildman–Crippen LogP) is 5.27. The topological polar surface area (TPSA) is 0 Å². The zero-order valence-electron chi connectivity index (χ0n) is 15.4. The van der Waals surface area contributed by atoms with E-state index in [9.17, 15) is 0 Å². The summed E-state index contributed by atoms with van der Waals surface area (Å²) in [7, 11) is 0. The van der Waals surface area contributed by atoms with E-state index in [-0.39, 0.29) is 11.8 Å². The number of rotatable bonds is 0. The molecule has 0 aromatic heterocycles. The van der Waals surface area contributed by atoms with Gasteiger partial charge in [0.2, 0.25) is 0 Å². The zero-order chi connectivity index (χ0) is 19.0. The Morgan fingerprint density at radius 2 is 0.750 bits per heavy atom. The van der Waals surface area contributed by atoms with E-state index in [1.807, 2.05) is 72.8 Å². The SMILES string of the molecule is C(#Cc1ccccc1C#CC1C=CC=C1)c1ccccc1C#CC1C=CC=C1. The van der Waals surface area contributed by atoms with E-state index in [0.717, 1.165) is 22.3 Å². The van der Waals surface area contributed by atoms with Crippen molar-refractivity contribution in [2.75, 3.05) is 0 Å². The molecule has 28 heavy (non-hydrogen) atoms. The minimum atomic E-state index is 0.190. The standard InChI is InChI=1S/C28H18/c1-2-10-23(9-1)17-19-25-13-5-7-15-27(25)21-22-28-16-8-6-14-26(28)20-18-24-11-3-4-12-24/h1-16,23-24H. The van der Waals surface area contributed by atoms with Crippen molar-refractivity contribution in [3.63, 3.8) is 0 Å². The van der Waals surface area contributed by atoms with Crippen LogP contribution in [0, 0.1) is 47.4 Å². The molecule has 0 N–H and O–H groups in total. The van der Waals surface area contributed by atoms with E-state index in [1.165, 1.54) is 0 Å². The Labute approximate surface area is 167 Å². The van der Waals surface area contributed by atoms with Gasteiger partial charge in [-0.2, -0.15) is 0 Å². The van der Waals surface area contributed by atoms with Crippen LogP contribution >= 0.6 is 0 Å². The lowest BCUT2D eigenvalue weighted by molar-refractivity contribution is 1.15. The Morgan fingerprint density at radius 3 is 1.11 bits per heavy atom. The third kappa shape index (κ3) is 4.43. The molecule has 2 aliphatic carbocycles. The van der Waals surface area contributed by atoms with E-state index < -0.39 is 0 Å². The van der Waals surface area contributed by atoms with Gasteiger partial charge >= 0.3 is 0 Å². The van der Waals surface area contributed by atoms with Gasteiger partial charge in [-0.3, -0.25) is 0 Å². The zero-order valence-corrected chi connectivity index (χ0v) is 15.4. The van der Waals surface area contributed by atoms with Gasteiger partial charge in [0, 0.05) is 22.3 Å². The lowest BCUT2D eigenvalue weighted by atomic mass is 10.0. The highest BCUT2D eigenvalue weighted by atomic mass is 14.0. The van der Waals surface area contributed by atoms with E-state index in [2.05, 4.69) is 59.8 Å². The molecule has 130 valence electrons. The molecule has 0 fully saturated rings. The van der Waals surface area contributed by atoms with Crippen molar-refractivity contribution < 1.29 is 0 Å². The first-order valence-electron chi connectivity index (χ1n) is 9.32. The van der Waals surface area contributed by atoms with Crippen molar-refractivity contribution in [3.05, 3.63) is 119 Å². The highest BCUT2D eigenvalue weighted by molar-refractivity contribution is 5.56. The Balaban J connectivity index is 1.62. The van der Waals surface area contributed by atoms with E-state index in [4.69, 9.17) is 0 Å². The molecule has 0 aliphatic heterocycles. The maximum absolute atomic E-state index is 3.29. The van der Waals surface area contributed by atoms with Crippen LogP contribution in [0.5, 0.6) is 0 Å². The molecule has 0 saturated carbocycles. The second-order valence-electron chi connectivity index (χ2n) is 6.47. The van der Waals surface area contributed by atoms with Gasteiger partial charge in [-0.05, 0) is 24.3 Å². The molecule has 0 bridgehead atoms. The molecule has 0 nitrogen and oxygen atoms in total. The molecule has 0 heterocycles. The lowest BCUT2D eigenvalue weighted by Crippen LogP contribution is -1.88. The summed E-state index contributed by atoms with van der Waals surface area (Å²) < 4.78 is 0. The van der Waals surface area contributed by atoms with Crippen molar-refractivity contribution >= 4 is 0 Å². The molecule has 4 rings (SSSR count). The Bertz CT molecular complexity index is 1060. The number of hydrogen-bond donors (Lipinski definition) is 0. The van der Waals surface area contributed by atoms with Crippen molar-refractivity contribution in [2.45, 2.75) is 0 Å². The quantitative estimate of drug-likeness (QED) is 0.565. The highest BCUT2D eigenvalue weighted by Gasteiger charge is 2.01. The average Bonchev–Trinajstić information content (AvgIpc) is 3.44. The summed E-state index contributed by atoms with van der Waals surface area (Å²) in [6.07, 6.45) is 16.5. The Kier molecular flexibility index (Phi) is 5.40. The normalized spacial score (nSPS) is 14.1. The summed E-state index contributed by atoms with van der Waals surface area (Å²) in [6.45, 7) is 0. The Hall–Kier alpha value is -3.92. The van der Waals surface area contributed by atoms with Gasteiger partial charge in [0.15, 0.2) is 0 Å². The van der Waals surface area contributed by atoms with E-state index >= 15 is 0 Å². The van der Waals surface area contributed by atoms with Gasteiger partial charge < -0.3 is 0 Å². The highest BCUT2D eigenvalue weighted by Crippen LogP contribution is 2.12. The van der Waals surface area contributed by atoms with Gasteiger partial charge in [0.25, 0.3) is 0 Å². The van der Waals surface area contributed by atoms with Crippen LogP contribution in [-0.4, -0.2) is 0 Å². The number of allylic oxidation sites excluding steroid dienone is 8. The fourth-order valence-electron chi connectivity index (χ4n) is 2.92. The van der Waals surface area contributed by atoms with Gasteiger partial charge in [-0.15, -0.1) is 0 Å². The molecule has 0 unspecified atom stereocenters. The fraction of sp³-hybridized carbons (Fsp3) is 0.0714. The molecular weight excluding hydrogens is 336 g/mol. The molecule has 0 heteroatoms. The summed E-state index contributed by atoms with van der Waals surface area (Å²) in [4.78, 5) is 0. The molecule has 0 spiro atoms. The van der Waals surface area contributed by atoms with Crippen LogP contribution in [-0.2, 0) is 0 Å². The van der Waals surface area contributed by atoms with Crippen molar-refractivity contribution in [2.24, 2.45) is 11.8 Å². The van der Waals surface area contributed by atoms with Gasteiger partial charge in [0.05, 0.1) is 11.8 Å². The smallest absolute Gasteiger partial charge is 0.0573 e. The predicted molar refractivity (Wildman–Crippen MR) is 116 cm³/mol. The van der Waals surface area contributed by atoms with Crippen LogP contribution in [0.2, 0.25) is 0 Å². The average molecular weight is 354 g/mol. The van der Waals surface area contributed by atoms with Crippen LogP contribution in [0.1, 0.15) is 22.3 Å². The number of hydrogen-bond acceptors (Lipinski definition) is 0. The maximum Gasteiger partial charge on any atom is 0.0573 e. The first kappa shape index (κ1) is 17.5. The fourth-order valence-corrected chi connectivity index (χ4v) is 2.92. The van der Waals surface area contributed by atoms with Crippen LogP contribution in [0.3, 0.4) is 0 Å². The summed E-state index contributed by atoms with van der Waals surface area (Å²) in [5.74, 6) is 20.0.